The Morgan fingerprint density at radius 2 is 1.85 bits per heavy atom. The van der Waals surface area contributed by atoms with Gasteiger partial charge in [0.1, 0.15) is 23.9 Å². The minimum atomic E-state index is -3.88. The summed E-state index contributed by atoms with van der Waals surface area (Å²) in [5.41, 5.74) is 1.09. The van der Waals surface area contributed by atoms with Crippen molar-refractivity contribution >= 4 is 21.6 Å². The number of fused-ring (bicyclic) bond motifs is 1. The van der Waals surface area contributed by atoms with E-state index < -0.39 is 10.0 Å². The molecule has 2 aromatic rings. The van der Waals surface area contributed by atoms with Crippen LogP contribution in [0.25, 0.3) is 0 Å². The van der Waals surface area contributed by atoms with Crippen LogP contribution in [0.15, 0.2) is 41.3 Å². The maximum Gasteiger partial charge on any atom is 0.244 e. The van der Waals surface area contributed by atoms with E-state index in [0.29, 0.717) is 30.4 Å². The number of ether oxygens (including phenoxy) is 3. The summed E-state index contributed by atoms with van der Waals surface area (Å²) in [7, 11) is -2.50. The largest absolute Gasteiger partial charge is 0.495 e. The van der Waals surface area contributed by atoms with Gasteiger partial charge >= 0.3 is 0 Å². The highest BCUT2D eigenvalue weighted by Gasteiger charge is 2.21. The minimum Gasteiger partial charge on any atom is -0.495 e. The SMILES string of the molecule is COc1ccc(NC(C)=O)cc1S(=O)(=O)NCc1ccc2c(c1)OCCO2. The van der Waals surface area contributed by atoms with Gasteiger partial charge in [0.2, 0.25) is 15.9 Å². The first-order chi connectivity index (χ1) is 12.9. The molecule has 3 rings (SSSR count). The van der Waals surface area contributed by atoms with Crippen LogP contribution in [0, 0.1) is 0 Å². The van der Waals surface area contributed by atoms with Crippen LogP contribution in [-0.2, 0) is 21.4 Å². The first-order valence-electron chi connectivity index (χ1n) is 8.23. The van der Waals surface area contributed by atoms with E-state index in [1.165, 1.54) is 26.2 Å². The smallest absolute Gasteiger partial charge is 0.244 e. The Balaban J connectivity index is 1.81. The number of benzene rings is 2. The molecule has 9 heteroatoms. The highest BCUT2D eigenvalue weighted by atomic mass is 32.2. The van der Waals surface area contributed by atoms with Crippen LogP contribution in [0.5, 0.6) is 17.2 Å². The second-order valence-electron chi connectivity index (χ2n) is 5.85. The van der Waals surface area contributed by atoms with Crippen LogP contribution < -0.4 is 24.2 Å². The molecule has 1 aliphatic rings. The van der Waals surface area contributed by atoms with E-state index in [1.54, 1.807) is 24.3 Å². The van der Waals surface area contributed by atoms with E-state index in [1.807, 2.05) is 0 Å². The van der Waals surface area contributed by atoms with Crippen molar-refractivity contribution in [3.8, 4) is 17.2 Å². The number of rotatable bonds is 6. The molecule has 1 amide bonds. The Labute approximate surface area is 157 Å². The Morgan fingerprint density at radius 3 is 2.56 bits per heavy atom. The van der Waals surface area contributed by atoms with E-state index in [2.05, 4.69) is 10.0 Å². The summed E-state index contributed by atoms with van der Waals surface area (Å²) in [6.45, 7) is 2.35. The van der Waals surface area contributed by atoms with E-state index in [4.69, 9.17) is 14.2 Å². The molecule has 0 spiro atoms. The zero-order valence-corrected chi connectivity index (χ0v) is 15.8. The maximum absolute atomic E-state index is 12.8. The molecule has 0 bridgehead atoms. The number of amides is 1. The Bertz CT molecular complexity index is 958. The second-order valence-corrected chi connectivity index (χ2v) is 7.58. The van der Waals surface area contributed by atoms with Crippen LogP contribution in [0.1, 0.15) is 12.5 Å². The summed E-state index contributed by atoms with van der Waals surface area (Å²) in [4.78, 5) is 11.2. The van der Waals surface area contributed by atoms with Crippen LogP contribution in [0.3, 0.4) is 0 Å². The molecule has 1 aliphatic heterocycles. The summed E-state index contributed by atoms with van der Waals surface area (Å²) in [5.74, 6) is 1.10. The fraction of sp³-hybridized carbons (Fsp3) is 0.278. The first kappa shape index (κ1) is 19.0. The average molecular weight is 392 g/mol. The molecule has 0 saturated heterocycles. The molecule has 0 atom stereocenters. The molecule has 0 aliphatic carbocycles. The first-order valence-corrected chi connectivity index (χ1v) is 9.71. The van der Waals surface area contributed by atoms with Crippen molar-refractivity contribution in [3.63, 3.8) is 0 Å². The Morgan fingerprint density at radius 1 is 1.11 bits per heavy atom. The van der Waals surface area contributed by atoms with Crippen molar-refractivity contribution < 1.29 is 27.4 Å². The Hall–Kier alpha value is -2.78. The van der Waals surface area contributed by atoms with Crippen LogP contribution in [-0.4, -0.2) is 34.6 Å². The molecule has 27 heavy (non-hydrogen) atoms. The zero-order chi connectivity index (χ0) is 19.4. The summed E-state index contributed by atoms with van der Waals surface area (Å²) in [5, 5.41) is 2.56. The molecule has 0 saturated carbocycles. The lowest BCUT2D eigenvalue weighted by Gasteiger charge is -2.19. The van der Waals surface area contributed by atoms with Crippen molar-refractivity contribution in [3.05, 3.63) is 42.0 Å². The topological polar surface area (TPSA) is 103 Å². The van der Waals surface area contributed by atoms with Gasteiger partial charge in [0, 0.05) is 19.2 Å². The van der Waals surface area contributed by atoms with Gasteiger partial charge < -0.3 is 19.5 Å². The molecule has 144 valence electrons. The molecule has 0 radical (unpaired) electrons. The molecular weight excluding hydrogens is 372 g/mol. The third kappa shape index (κ3) is 4.50. The van der Waals surface area contributed by atoms with E-state index in [-0.39, 0.29) is 23.1 Å². The highest BCUT2D eigenvalue weighted by Crippen LogP contribution is 2.31. The molecule has 8 nitrogen and oxygen atoms in total. The molecule has 0 unspecified atom stereocenters. The number of nitrogens with one attached hydrogen (secondary N) is 2. The van der Waals surface area contributed by atoms with Gasteiger partial charge in [-0.15, -0.1) is 0 Å². The summed E-state index contributed by atoms with van der Waals surface area (Å²) in [6, 6.07) is 9.66. The van der Waals surface area contributed by atoms with Crippen molar-refractivity contribution in [2.75, 3.05) is 25.6 Å². The second kappa shape index (κ2) is 7.85. The number of anilines is 1. The van der Waals surface area contributed by atoms with Crippen LogP contribution in [0.2, 0.25) is 0 Å². The third-order valence-corrected chi connectivity index (χ3v) is 5.27. The summed E-state index contributed by atoms with van der Waals surface area (Å²) < 4.78 is 44.2. The van der Waals surface area contributed by atoms with Gasteiger partial charge in [-0.05, 0) is 35.9 Å². The zero-order valence-electron chi connectivity index (χ0n) is 14.9. The number of sulfonamides is 1. The molecular formula is C18H20N2O6S. The minimum absolute atomic E-state index is 0.0613. The van der Waals surface area contributed by atoms with Gasteiger partial charge in [0.15, 0.2) is 11.5 Å². The number of carbonyl (C=O) groups excluding carboxylic acids is 1. The number of carbonyl (C=O) groups is 1. The lowest BCUT2D eigenvalue weighted by atomic mass is 10.2. The van der Waals surface area contributed by atoms with Crippen molar-refractivity contribution in [1.82, 2.24) is 4.72 Å². The van der Waals surface area contributed by atoms with Gasteiger partial charge in [0.05, 0.1) is 7.11 Å². The van der Waals surface area contributed by atoms with Crippen molar-refractivity contribution in [2.45, 2.75) is 18.4 Å². The van der Waals surface area contributed by atoms with Gasteiger partial charge in [-0.3, -0.25) is 4.79 Å². The van der Waals surface area contributed by atoms with Gasteiger partial charge in [0.25, 0.3) is 0 Å². The highest BCUT2D eigenvalue weighted by molar-refractivity contribution is 7.89. The third-order valence-electron chi connectivity index (χ3n) is 3.85. The van der Waals surface area contributed by atoms with Gasteiger partial charge in [-0.25, -0.2) is 13.1 Å². The Kier molecular flexibility index (Phi) is 5.52. The van der Waals surface area contributed by atoms with Crippen molar-refractivity contribution in [1.29, 1.82) is 0 Å². The summed E-state index contributed by atoms with van der Waals surface area (Å²) >= 11 is 0. The normalized spacial score (nSPS) is 13.1. The fourth-order valence-corrected chi connectivity index (χ4v) is 3.83. The number of methoxy groups -OCH3 is 1. The molecule has 0 fully saturated rings. The van der Waals surface area contributed by atoms with E-state index in [0.717, 1.165) is 5.56 Å². The number of hydrogen-bond donors (Lipinski definition) is 2. The van der Waals surface area contributed by atoms with E-state index >= 15 is 0 Å². The van der Waals surface area contributed by atoms with E-state index in [9.17, 15) is 13.2 Å². The van der Waals surface area contributed by atoms with Gasteiger partial charge in [-0.2, -0.15) is 0 Å². The molecule has 2 aromatic carbocycles. The molecule has 0 aromatic heterocycles. The standard InChI is InChI=1S/C18H20N2O6S/c1-12(21)20-14-4-6-16(24-2)18(10-14)27(22,23)19-11-13-3-5-15-17(9-13)26-8-7-25-15/h3-6,9-10,19H,7-8,11H2,1-2H3,(H,20,21). The maximum atomic E-state index is 12.8. The predicted molar refractivity (Wildman–Crippen MR) is 98.8 cm³/mol. The molecule has 1 heterocycles. The monoisotopic (exact) mass is 392 g/mol. The quantitative estimate of drug-likeness (QED) is 0.778. The fourth-order valence-electron chi connectivity index (χ4n) is 2.62. The number of hydrogen-bond acceptors (Lipinski definition) is 6. The lowest BCUT2D eigenvalue weighted by molar-refractivity contribution is -0.114. The summed E-state index contributed by atoms with van der Waals surface area (Å²) in [6.07, 6.45) is 0. The molecule has 2 N–H and O–H groups in total. The van der Waals surface area contributed by atoms with Crippen molar-refractivity contribution in [2.24, 2.45) is 0 Å². The lowest BCUT2D eigenvalue weighted by Crippen LogP contribution is -2.24. The van der Waals surface area contributed by atoms with Crippen LogP contribution in [0.4, 0.5) is 5.69 Å². The average Bonchev–Trinajstić information content (AvgIpc) is 2.66. The van der Waals surface area contributed by atoms with Gasteiger partial charge in [-0.1, -0.05) is 6.07 Å². The van der Waals surface area contributed by atoms with Crippen LogP contribution >= 0.6 is 0 Å². The predicted octanol–water partition coefficient (Wildman–Crippen LogP) is 1.90.